The molecule has 0 aliphatic carbocycles. The van der Waals surface area contributed by atoms with E-state index in [1.807, 2.05) is 63.3 Å². The minimum absolute atomic E-state index is 0.0104. The van der Waals surface area contributed by atoms with Crippen molar-refractivity contribution in [3.8, 4) is 17.0 Å². The van der Waals surface area contributed by atoms with Crippen LogP contribution in [0.3, 0.4) is 0 Å². The standard InChI is InChI=1S/C29H36FN5O4/c1-28-10-11-29(2,35(28)27(36)37)17-20(16-28)34(4)26-7-6-24(31-32-26)22-14-23(30)21(15-25(22)39-18-38-5)19-8-12-33(3)13-9-19/h6-9,12,14-15,20H,10-11,13,16-18H2,1-5H3,(H,36,37)/t20-,28+,29-. The van der Waals surface area contributed by atoms with Crippen molar-refractivity contribution in [3.63, 3.8) is 0 Å². The third-order valence-electron chi connectivity index (χ3n) is 8.48. The van der Waals surface area contributed by atoms with Crippen LogP contribution in [0.25, 0.3) is 16.8 Å². The van der Waals surface area contributed by atoms with Crippen LogP contribution >= 0.6 is 0 Å². The Hall–Kier alpha value is -3.66. The number of piperidine rings is 1. The number of methoxy groups -OCH3 is 1. The van der Waals surface area contributed by atoms with Crippen molar-refractivity contribution >= 4 is 17.5 Å². The lowest BCUT2D eigenvalue weighted by Gasteiger charge is -2.51. The summed E-state index contributed by atoms with van der Waals surface area (Å²) >= 11 is 0. The first-order valence-electron chi connectivity index (χ1n) is 13.2. The molecule has 0 unspecified atom stereocenters. The smallest absolute Gasteiger partial charge is 0.408 e. The van der Waals surface area contributed by atoms with E-state index in [1.165, 1.54) is 13.2 Å². The Kier molecular flexibility index (Phi) is 7.00. The summed E-state index contributed by atoms with van der Waals surface area (Å²) in [5.41, 5.74) is 1.39. The Balaban J connectivity index is 1.40. The molecule has 0 radical (unpaired) electrons. The van der Waals surface area contributed by atoms with Crippen LogP contribution in [0.5, 0.6) is 5.75 Å². The van der Waals surface area contributed by atoms with Gasteiger partial charge in [-0.2, -0.15) is 0 Å². The fourth-order valence-electron chi connectivity index (χ4n) is 6.46. The zero-order valence-corrected chi connectivity index (χ0v) is 23.1. The number of halogens is 1. The molecule has 1 aromatic heterocycles. The zero-order valence-electron chi connectivity index (χ0n) is 23.1. The van der Waals surface area contributed by atoms with Crippen molar-refractivity contribution in [2.45, 2.75) is 56.7 Å². The monoisotopic (exact) mass is 537 g/mol. The molecule has 4 heterocycles. The van der Waals surface area contributed by atoms with Gasteiger partial charge in [0, 0.05) is 56.0 Å². The maximum atomic E-state index is 15.3. The topological polar surface area (TPSA) is 91.3 Å². The van der Waals surface area contributed by atoms with Crippen molar-refractivity contribution in [2.75, 3.05) is 39.4 Å². The molecule has 9 nitrogen and oxygen atoms in total. The van der Waals surface area contributed by atoms with Crippen LogP contribution in [0.4, 0.5) is 15.0 Å². The summed E-state index contributed by atoms with van der Waals surface area (Å²) in [6.07, 6.45) is 8.04. The van der Waals surface area contributed by atoms with E-state index in [4.69, 9.17) is 9.47 Å². The Labute approximate surface area is 228 Å². The molecule has 39 heavy (non-hydrogen) atoms. The van der Waals surface area contributed by atoms with Crippen LogP contribution in [0.1, 0.15) is 45.1 Å². The fraction of sp³-hybridized carbons (Fsp3) is 0.483. The second kappa shape index (κ2) is 10.1. The Bertz CT molecular complexity index is 1300. The number of carboxylic acid groups (broad SMARTS) is 1. The van der Waals surface area contributed by atoms with Crippen molar-refractivity contribution in [1.82, 2.24) is 20.0 Å². The van der Waals surface area contributed by atoms with Gasteiger partial charge in [-0.25, -0.2) is 9.18 Å². The number of allylic oxidation sites excluding steroid dienone is 2. The molecular weight excluding hydrogens is 501 g/mol. The Morgan fingerprint density at radius 3 is 2.46 bits per heavy atom. The van der Waals surface area contributed by atoms with Gasteiger partial charge >= 0.3 is 6.09 Å². The van der Waals surface area contributed by atoms with Gasteiger partial charge in [0.1, 0.15) is 11.6 Å². The van der Waals surface area contributed by atoms with E-state index in [9.17, 15) is 9.90 Å². The molecule has 2 aromatic rings. The number of hydrogen-bond acceptors (Lipinski definition) is 7. The van der Waals surface area contributed by atoms with Gasteiger partial charge in [-0.1, -0.05) is 6.08 Å². The summed E-state index contributed by atoms with van der Waals surface area (Å²) in [6, 6.07) is 6.91. The molecule has 3 atom stereocenters. The second-order valence-electron chi connectivity index (χ2n) is 11.4. The summed E-state index contributed by atoms with van der Waals surface area (Å²) in [7, 11) is 5.46. The summed E-state index contributed by atoms with van der Waals surface area (Å²) < 4.78 is 26.3. The quantitative estimate of drug-likeness (QED) is 0.494. The maximum absolute atomic E-state index is 15.3. The predicted octanol–water partition coefficient (Wildman–Crippen LogP) is 5.00. The van der Waals surface area contributed by atoms with Crippen LogP contribution in [0.15, 0.2) is 42.6 Å². The van der Waals surface area contributed by atoms with Crippen molar-refractivity contribution in [2.24, 2.45) is 0 Å². The number of likely N-dealkylation sites (N-methyl/N-ethyl adjacent to an activating group) is 1. The van der Waals surface area contributed by atoms with Gasteiger partial charge in [-0.05, 0) is 81.6 Å². The first-order chi connectivity index (χ1) is 18.5. The molecule has 2 bridgehead atoms. The summed E-state index contributed by atoms with van der Waals surface area (Å²) in [5.74, 6) is 0.757. The Morgan fingerprint density at radius 1 is 1.18 bits per heavy atom. The summed E-state index contributed by atoms with van der Waals surface area (Å²) in [5, 5.41) is 18.8. The van der Waals surface area contributed by atoms with Gasteiger partial charge in [0.15, 0.2) is 12.6 Å². The van der Waals surface area contributed by atoms with E-state index in [0.29, 0.717) is 34.9 Å². The number of fused-ring (bicyclic) bond motifs is 2. The molecule has 1 amide bonds. The lowest BCUT2D eigenvalue weighted by atomic mass is 9.82. The van der Waals surface area contributed by atoms with Gasteiger partial charge in [-0.15, -0.1) is 10.2 Å². The maximum Gasteiger partial charge on any atom is 0.408 e. The molecule has 3 aliphatic heterocycles. The van der Waals surface area contributed by atoms with E-state index < -0.39 is 17.2 Å². The number of ether oxygens (including phenoxy) is 2. The average Bonchev–Trinajstić information content (AvgIpc) is 3.08. The zero-order chi connectivity index (χ0) is 27.9. The number of amides is 1. The Morgan fingerprint density at radius 2 is 1.90 bits per heavy atom. The number of benzene rings is 1. The van der Waals surface area contributed by atoms with E-state index in [0.717, 1.165) is 31.3 Å². The first-order valence-corrected chi connectivity index (χ1v) is 13.2. The van der Waals surface area contributed by atoms with Gasteiger partial charge in [-0.3, -0.25) is 4.90 Å². The van der Waals surface area contributed by atoms with E-state index in [1.54, 1.807) is 11.0 Å². The molecule has 3 aliphatic rings. The lowest BCUT2D eigenvalue weighted by molar-refractivity contribution is 0.0131. The number of nitrogens with zero attached hydrogens (tertiary/aromatic N) is 5. The van der Waals surface area contributed by atoms with E-state index in [2.05, 4.69) is 15.1 Å². The van der Waals surface area contributed by atoms with Crippen LogP contribution in [-0.2, 0) is 4.74 Å². The molecule has 208 valence electrons. The SMILES string of the molecule is COCOc1cc(C2=CCN(C)C=C2)c(F)cc1-c1ccc(N(C)[C@@H]2C[C@]3(C)CC[C@](C)(C2)N3C(=O)O)nn1. The van der Waals surface area contributed by atoms with Gasteiger partial charge < -0.3 is 24.4 Å². The van der Waals surface area contributed by atoms with Crippen LogP contribution in [0, 0.1) is 5.82 Å². The molecule has 10 heteroatoms. The van der Waals surface area contributed by atoms with E-state index in [-0.39, 0.29) is 18.7 Å². The summed E-state index contributed by atoms with van der Waals surface area (Å²) in [4.78, 5) is 17.8. The van der Waals surface area contributed by atoms with Crippen LogP contribution < -0.4 is 9.64 Å². The van der Waals surface area contributed by atoms with Crippen LogP contribution in [0.2, 0.25) is 0 Å². The largest absolute Gasteiger partial charge is 0.467 e. The number of hydrogen-bond donors (Lipinski definition) is 1. The highest BCUT2D eigenvalue weighted by molar-refractivity contribution is 5.79. The lowest BCUT2D eigenvalue weighted by Crippen LogP contribution is -2.62. The third kappa shape index (κ3) is 4.93. The van der Waals surface area contributed by atoms with Crippen LogP contribution in [-0.4, -0.2) is 82.9 Å². The minimum Gasteiger partial charge on any atom is -0.467 e. The molecule has 2 saturated heterocycles. The predicted molar refractivity (Wildman–Crippen MR) is 147 cm³/mol. The van der Waals surface area contributed by atoms with Gasteiger partial charge in [0.05, 0.1) is 5.69 Å². The number of rotatable bonds is 7. The molecule has 0 spiro atoms. The molecule has 1 N–H and O–H groups in total. The van der Waals surface area contributed by atoms with E-state index >= 15 is 4.39 Å². The number of aromatic nitrogens is 2. The van der Waals surface area contributed by atoms with Gasteiger partial charge in [0.2, 0.25) is 0 Å². The highest BCUT2D eigenvalue weighted by Gasteiger charge is 2.58. The number of anilines is 1. The molecule has 5 rings (SSSR count). The molecule has 0 saturated carbocycles. The summed E-state index contributed by atoms with van der Waals surface area (Å²) in [6.45, 7) is 4.78. The second-order valence-corrected chi connectivity index (χ2v) is 11.4. The molecule has 1 aromatic carbocycles. The molecular formula is C29H36FN5O4. The normalized spacial score (nSPS) is 26.0. The highest BCUT2D eigenvalue weighted by Crippen LogP contribution is 2.51. The molecule has 2 fully saturated rings. The third-order valence-corrected chi connectivity index (χ3v) is 8.48. The fourth-order valence-corrected chi connectivity index (χ4v) is 6.46. The minimum atomic E-state index is -0.851. The van der Waals surface area contributed by atoms with Crippen molar-refractivity contribution in [1.29, 1.82) is 0 Å². The number of carbonyl (C=O) groups is 1. The van der Waals surface area contributed by atoms with Crippen molar-refractivity contribution in [3.05, 3.63) is 54.0 Å². The average molecular weight is 538 g/mol. The van der Waals surface area contributed by atoms with Gasteiger partial charge in [0.25, 0.3) is 0 Å². The van der Waals surface area contributed by atoms with Crippen molar-refractivity contribution < 1.29 is 23.8 Å². The first kappa shape index (κ1) is 26.9. The highest BCUT2D eigenvalue weighted by atomic mass is 19.1.